The van der Waals surface area contributed by atoms with Gasteiger partial charge in [-0.05, 0) is 64.3 Å². The Labute approximate surface area is 159 Å². The highest BCUT2D eigenvalue weighted by atomic mass is 19.4. The van der Waals surface area contributed by atoms with Gasteiger partial charge in [0.05, 0.1) is 5.56 Å². The van der Waals surface area contributed by atoms with Gasteiger partial charge in [0.25, 0.3) is 0 Å². The molecule has 2 rings (SSSR count). The summed E-state index contributed by atoms with van der Waals surface area (Å²) >= 11 is 0. The number of rotatable bonds is 4. The Hall–Kier alpha value is -1.76. The van der Waals surface area contributed by atoms with Gasteiger partial charge in [0.1, 0.15) is 5.60 Å². The topological polar surface area (TPSA) is 41.6 Å². The maximum atomic E-state index is 12.8. The van der Waals surface area contributed by atoms with Crippen LogP contribution in [0, 0.1) is 5.92 Å². The van der Waals surface area contributed by atoms with E-state index in [0.29, 0.717) is 19.6 Å². The van der Waals surface area contributed by atoms with Gasteiger partial charge in [-0.1, -0.05) is 12.1 Å². The first-order chi connectivity index (χ1) is 12.5. The lowest BCUT2D eigenvalue weighted by Crippen LogP contribution is -2.45. The number of hydrogen-bond donors (Lipinski definition) is 1. The van der Waals surface area contributed by atoms with Crippen LogP contribution >= 0.6 is 0 Å². The number of alkyl halides is 3. The molecule has 1 saturated heterocycles. The van der Waals surface area contributed by atoms with Gasteiger partial charge in [-0.25, -0.2) is 4.79 Å². The number of piperidine rings is 1. The number of amides is 1. The first-order valence-corrected chi connectivity index (χ1v) is 9.31. The average Bonchev–Trinajstić information content (AvgIpc) is 2.58. The quantitative estimate of drug-likeness (QED) is 0.819. The van der Waals surface area contributed by atoms with E-state index in [-0.39, 0.29) is 17.9 Å². The molecule has 1 heterocycles. The normalized spacial score (nSPS) is 19.7. The summed E-state index contributed by atoms with van der Waals surface area (Å²) in [5, 5.41) is 3.13. The van der Waals surface area contributed by atoms with Crippen LogP contribution < -0.4 is 5.32 Å². The molecule has 4 nitrogen and oxygen atoms in total. The van der Waals surface area contributed by atoms with E-state index in [1.807, 2.05) is 27.8 Å². The minimum atomic E-state index is -4.34. The number of hydrogen-bond acceptors (Lipinski definition) is 3. The molecule has 1 aromatic carbocycles. The zero-order valence-corrected chi connectivity index (χ0v) is 16.4. The molecular weight excluding hydrogens is 357 g/mol. The molecule has 2 atom stereocenters. The Morgan fingerprint density at radius 1 is 1.26 bits per heavy atom. The van der Waals surface area contributed by atoms with Crippen LogP contribution in [0.5, 0.6) is 0 Å². The number of carbonyl (C=O) groups is 1. The van der Waals surface area contributed by atoms with E-state index in [1.165, 1.54) is 0 Å². The van der Waals surface area contributed by atoms with Crippen molar-refractivity contribution in [2.45, 2.75) is 51.3 Å². The fourth-order valence-corrected chi connectivity index (χ4v) is 3.53. The molecule has 7 heteroatoms. The van der Waals surface area contributed by atoms with Gasteiger partial charge >= 0.3 is 12.3 Å². The van der Waals surface area contributed by atoms with E-state index in [0.717, 1.165) is 30.5 Å². The molecule has 0 aliphatic carbocycles. The van der Waals surface area contributed by atoms with Crippen molar-refractivity contribution >= 4 is 6.09 Å². The molecule has 152 valence electrons. The maximum Gasteiger partial charge on any atom is 0.416 e. The number of ether oxygens (including phenoxy) is 1. The third-order valence-electron chi connectivity index (χ3n) is 4.77. The molecule has 0 radical (unpaired) electrons. The van der Waals surface area contributed by atoms with E-state index in [1.54, 1.807) is 17.0 Å². The minimum Gasteiger partial charge on any atom is -0.444 e. The van der Waals surface area contributed by atoms with Gasteiger partial charge in [-0.15, -0.1) is 0 Å². The lowest BCUT2D eigenvalue weighted by molar-refractivity contribution is -0.137. The molecule has 0 aromatic heterocycles. The predicted octanol–water partition coefficient (Wildman–Crippen LogP) is 4.66. The minimum absolute atomic E-state index is 0.0301. The van der Waals surface area contributed by atoms with Crippen molar-refractivity contribution in [3.8, 4) is 0 Å². The highest BCUT2D eigenvalue weighted by Gasteiger charge is 2.33. The highest BCUT2D eigenvalue weighted by molar-refractivity contribution is 5.68. The third kappa shape index (κ3) is 6.13. The number of likely N-dealkylation sites (tertiary alicyclic amines) is 1. The van der Waals surface area contributed by atoms with Crippen LogP contribution in [0.15, 0.2) is 24.3 Å². The Morgan fingerprint density at radius 2 is 1.89 bits per heavy atom. The van der Waals surface area contributed by atoms with Crippen molar-refractivity contribution in [1.82, 2.24) is 10.2 Å². The number of likely N-dealkylation sites (N-methyl/N-ethyl adjacent to an activating group) is 1. The zero-order valence-electron chi connectivity index (χ0n) is 16.4. The number of halogens is 3. The number of carbonyl (C=O) groups excluding carboxylic acids is 1. The highest BCUT2D eigenvalue weighted by Crippen LogP contribution is 2.34. The molecule has 0 spiro atoms. The van der Waals surface area contributed by atoms with Crippen LogP contribution in [-0.4, -0.2) is 43.3 Å². The maximum absolute atomic E-state index is 12.8. The molecule has 0 bridgehead atoms. The van der Waals surface area contributed by atoms with Crippen LogP contribution in [0.25, 0.3) is 0 Å². The largest absolute Gasteiger partial charge is 0.444 e. The molecule has 2 unspecified atom stereocenters. The fourth-order valence-electron chi connectivity index (χ4n) is 3.53. The molecule has 1 N–H and O–H groups in total. The molecular formula is C20H29F3N2O2. The monoisotopic (exact) mass is 386 g/mol. The zero-order chi connectivity index (χ0) is 20.2. The number of benzene rings is 1. The second-order valence-corrected chi connectivity index (χ2v) is 8.11. The van der Waals surface area contributed by atoms with Crippen LogP contribution in [0.3, 0.4) is 0 Å². The van der Waals surface area contributed by atoms with E-state index >= 15 is 0 Å². The molecule has 0 saturated carbocycles. The Morgan fingerprint density at radius 3 is 2.41 bits per heavy atom. The first kappa shape index (κ1) is 21.5. The van der Waals surface area contributed by atoms with Crippen molar-refractivity contribution in [3.63, 3.8) is 0 Å². The Bertz CT molecular complexity index is 624. The van der Waals surface area contributed by atoms with Crippen molar-refractivity contribution in [2.75, 3.05) is 26.7 Å². The summed E-state index contributed by atoms with van der Waals surface area (Å²) in [7, 11) is 1.82. The summed E-state index contributed by atoms with van der Waals surface area (Å²) in [5.41, 5.74) is -0.344. The van der Waals surface area contributed by atoms with Crippen LogP contribution in [0.4, 0.5) is 18.0 Å². The Kier molecular flexibility index (Phi) is 6.78. The van der Waals surface area contributed by atoms with E-state index < -0.39 is 17.3 Å². The van der Waals surface area contributed by atoms with Gasteiger partial charge in [-0.2, -0.15) is 13.2 Å². The SMILES string of the molecule is CNCC(c1ccc(C(F)(F)F)cc1)C1CCCN(C(=O)OC(C)(C)C)C1. The third-order valence-corrected chi connectivity index (χ3v) is 4.77. The predicted molar refractivity (Wildman–Crippen MR) is 98.6 cm³/mol. The summed E-state index contributed by atoms with van der Waals surface area (Å²) in [6.07, 6.45) is -2.89. The Balaban J connectivity index is 2.14. The lowest BCUT2D eigenvalue weighted by Gasteiger charge is -2.38. The summed E-state index contributed by atoms with van der Waals surface area (Å²) in [6, 6.07) is 5.37. The molecule has 27 heavy (non-hydrogen) atoms. The first-order valence-electron chi connectivity index (χ1n) is 9.31. The van der Waals surface area contributed by atoms with Gasteiger partial charge in [0.15, 0.2) is 0 Å². The molecule has 1 amide bonds. The fraction of sp³-hybridized carbons (Fsp3) is 0.650. The van der Waals surface area contributed by atoms with Gasteiger partial charge in [0.2, 0.25) is 0 Å². The number of nitrogens with one attached hydrogen (secondary N) is 1. The smallest absolute Gasteiger partial charge is 0.416 e. The van der Waals surface area contributed by atoms with Crippen LogP contribution in [0.1, 0.15) is 50.7 Å². The van der Waals surface area contributed by atoms with E-state index in [9.17, 15) is 18.0 Å². The van der Waals surface area contributed by atoms with Crippen LogP contribution in [-0.2, 0) is 10.9 Å². The molecule has 1 aliphatic heterocycles. The lowest BCUT2D eigenvalue weighted by atomic mass is 9.80. The summed E-state index contributed by atoms with van der Waals surface area (Å²) < 4.78 is 44.0. The van der Waals surface area contributed by atoms with Gasteiger partial charge < -0.3 is 15.0 Å². The van der Waals surface area contributed by atoms with Crippen molar-refractivity contribution in [1.29, 1.82) is 0 Å². The summed E-state index contributed by atoms with van der Waals surface area (Å²) in [4.78, 5) is 14.1. The second-order valence-electron chi connectivity index (χ2n) is 8.11. The molecule has 1 aliphatic rings. The molecule has 1 fully saturated rings. The van der Waals surface area contributed by atoms with Crippen molar-refractivity contribution in [2.24, 2.45) is 5.92 Å². The van der Waals surface area contributed by atoms with E-state index in [4.69, 9.17) is 4.74 Å². The van der Waals surface area contributed by atoms with Gasteiger partial charge in [-0.3, -0.25) is 0 Å². The van der Waals surface area contributed by atoms with Gasteiger partial charge in [0, 0.05) is 25.6 Å². The molecule has 1 aromatic rings. The van der Waals surface area contributed by atoms with E-state index in [2.05, 4.69) is 5.32 Å². The summed E-state index contributed by atoms with van der Waals surface area (Å²) in [5.74, 6) is 0.193. The van der Waals surface area contributed by atoms with Crippen molar-refractivity contribution < 1.29 is 22.7 Å². The standard InChI is InChI=1S/C20H29F3N2O2/c1-19(2,3)27-18(26)25-11-5-6-15(13-25)17(12-24-4)14-7-9-16(10-8-14)20(21,22)23/h7-10,15,17,24H,5-6,11-13H2,1-4H3. The second kappa shape index (κ2) is 8.50. The average molecular weight is 386 g/mol. The van der Waals surface area contributed by atoms with Crippen LogP contribution in [0.2, 0.25) is 0 Å². The summed E-state index contributed by atoms with van der Waals surface area (Å²) in [6.45, 7) is 7.32. The number of nitrogens with zero attached hydrogens (tertiary/aromatic N) is 1. The van der Waals surface area contributed by atoms with Crippen molar-refractivity contribution in [3.05, 3.63) is 35.4 Å².